The van der Waals surface area contributed by atoms with Gasteiger partial charge in [-0.25, -0.2) is 4.79 Å². The topological polar surface area (TPSA) is 61.4 Å². The number of halogens is 1. The molecular formula is C21H20ClN3O2. The molecule has 138 valence electrons. The highest BCUT2D eigenvalue weighted by atomic mass is 35.5. The maximum atomic E-state index is 13.0. The molecule has 0 fully saturated rings. The Kier molecular flexibility index (Phi) is 4.86. The summed E-state index contributed by atoms with van der Waals surface area (Å²) in [6.45, 7) is 1.07. The average molecular weight is 382 g/mol. The third-order valence-electron chi connectivity index (χ3n) is 4.97. The van der Waals surface area contributed by atoms with E-state index in [1.54, 1.807) is 11.0 Å². The smallest absolute Gasteiger partial charge is 0.319 e. The number of carbonyl (C=O) groups is 2. The Bertz CT molecular complexity index is 911. The number of hydrogen-bond acceptors (Lipinski definition) is 2. The number of amides is 3. The second-order valence-corrected chi connectivity index (χ2v) is 7.17. The maximum absolute atomic E-state index is 13.0. The second-order valence-electron chi connectivity index (χ2n) is 6.76. The van der Waals surface area contributed by atoms with E-state index in [1.807, 2.05) is 36.4 Å². The van der Waals surface area contributed by atoms with Gasteiger partial charge in [0.15, 0.2) is 0 Å². The van der Waals surface area contributed by atoms with Crippen molar-refractivity contribution in [1.82, 2.24) is 15.5 Å². The number of hydrogen-bond donors (Lipinski definition) is 2. The molecule has 0 saturated heterocycles. The molecule has 0 spiro atoms. The summed E-state index contributed by atoms with van der Waals surface area (Å²) < 4.78 is 0. The van der Waals surface area contributed by atoms with Crippen LogP contribution < -0.4 is 10.6 Å². The first-order valence-corrected chi connectivity index (χ1v) is 9.39. The Morgan fingerprint density at radius 1 is 1.04 bits per heavy atom. The molecule has 2 heterocycles. The Morgan fingerprint density at radius 2 is 1.78 bits per heavy atom. The number of benzene rings is 2. The number of aryl methyl sites for hydroxylation is 1. The third-order valence-corrected chi connectivity index (χ3v) is 5.32. The van der Waals surface area contributed by atoms with E-state index in [1.165, 1.54) is 5.56 Å². The summed E-state index contributed by atoms with van der Waals surface area (Å²) in [5.74, 6) is -0.0459. The Labute approximate surface area is 163 Å². The predicted octanol–water partition coefficient (Wildman–Crippen LogP) is 3.42. The predicted molar refractivity (Wildman–Crippen MR) is 104 cm³/mol. The molecule has 6 heteroatoms. The van der Waals surface area contributed by atoms with E-state index in [0.29, 0.717) is 29.4 Å². The molecule has 0 unspecified atom stereocenters. The van der Waals surface area contributed by atoms with Gasteiger partial charge in [0, 0.05) is 11.6 Å². The van der Waals surface area contributed by atoms with E-state index in [4.69, 9.17) is 11.6 Å². The highest BCUT2D eigenvalue weighted by Gasteiger charge is 2.40. The summed E-state index contributed by atoms with van der Waals surface area (Å²) in [5.41, 5.74) is 3.25. The number of nitrogens with one attached hydrogen (secondary N) is 2. The highest BCUT2D eigenvalue weighted by molar-refractivity contribution is 6.31. The molecule has 27 heavy (non-hydrogen) atoms. The summed E-state index contributed by atoms with van der Waals surface area (Å²) >= 11 is 6.31. The average Bonchev–Trinajstić information content (AvgIpc) is 2.98. The van der Waals surface area contributed by atoms with Gasteiger partial charge in [0.1, 0.15) is 0 Å². The van der Waals surface area contributed by atoms with E-state index in [2.05, 4.69) is 22.8 Å². The summed E-state index contributed by atoms with van der Waals surface area (Å²) in [7, 11) is 0. The number of urea groups is 1. The van der Waals surface area contributed by atoms with Crippen molar-refractivity contribution in [3.63, 3.8) is 0 Å². The molecule has 2 aromatic rings. The molecule has 2 aliphatic heterocycles. The van der Waals surface area contributed by atoms with Gasteiger partial charge in [-0.3, -0.25) is 4.79 Å². The largest absolute Gasteiger partial charge is 0.333 e. The molecule has 0 saturated carbocycles. The van der Waals surface area contributed by atoms with Crippen molar-refractivity contribution in [3.8, 4) is 0 Å². The van der Waals surface area contributed by atoms with Crippen molar-refractivity contribution in [1.29, 1.82) is 0 Å². The van der Waals surface area contributed by atoms with Gasteiger partial charge in [-0.2, -0.15) is 0 Å². The Hall–Kier alpha value is -2.79. The molecule has 3 amide bonds. The zero-order chi connectivity index (χ0) is 18.8. The summed E-state index contributed by atoms with van der Waals surface area (Å²) in [6.07, 6.45) is 1.78. The monoisotopic (exact) mass is 381 g/mol. The zero-order valence-corrected chi connectivity index (χ0v) is 15.5. The molecule has 2 aromatic carbocycles. The Morgan fingerprint density at radius 3 is 2.56 bits per heavy atom. The molecule has 0 radical (unpaired) electrons. The highest BCUT2D eigenvalue weighted by Crippen LogP contribution is 2.35. The van der Waals surface area contributed by atoms with Crippen molar-refractivity contribution < 1.29 is 9.59 Å². The summed E-state index contributed by atoms with van der Waals surface area (Å²) in [6, 6.07) is 16.7. The van der Waals surface area contributed by atoms with Gasteiger partial charge in [-0.05, 0) is 30.0 Å². The van der Waals surface area contributed by atoms with Crippen LogP contribution >= 0.6 is 11.6 Å². The Balaban J connectivity index is 1.49. The fraction of sp³-hybridized carbons (Fsp3) is 0.238. The summed E-state index contributed by atoms with van der Waals surface area (Å²) in [5, 5.41) is 6.16. The SMILES string of the molecule is O=C1NC2=C(C(=O)N(CCCc3ccccc3)C2)[C@H](c2ccccc2Cl)N1. The molecule has 0 bridgehead atoms. The molecule has 0 aliphatic carbocycles. The van der Waals surface area contributed by atoms with Crippen molar-refractivity contribution in [2.45, 2.75) is 18.9 Å². The van der Waals surface area contributed by atoms with Gasteiger partial charge >= 0.3 is 6.03 Å². The van der Waals surface area contributed by atoms with E-state index < -0.39 is 6.04 Å². The molecular weight excluding hydrogens is 362 g/mol. The van der Waals surface area contributed by atoms with Crippen molar-refractivity contribution in [2.75, 3.05) is 13.1 Å². The summed E-state index contributed by atoms with van der Waals surface area (Å²) in [4.78, 5) is 26.9. The van der Waals surface area contributed by atoms with Gasteiger partial charge in [0.25, 0.3) is 5.91 Å². The molecule has 4 rings (SSSR count). The first kappa shape index (κ1) is 17.6. The van der Waals surface area contributed by atoms with E-state index >= 15 is 0 Å². The van der Waals surface area contributed by atoms with Crippen LogP contribution in [0.5, 0.6) is 0 Å². The van der Waals surface area contributed by atoms with Crippen LogP contribution in [0.1, 0.15) is 23.6 Å². The van der Waals surface area contributed by atoms with E-state index in [-0.39, 0.29) is 11.9 Å². The number of rotatable bonds is 5. The standard InChI is InChI=1S/C21H20ClN3O2/c22-16-11-5-4-10-15(16)19-18-17(23-21(27)24-19)13-25(20(18)26)12-6-9-14-7-2-1-3-8-14/h1-5,7-8,10-11,19H,6,9,12-13H2,(H2,23,24,27)/t19-/m0/s1. The van der Waals surface area contributed by atoms with Gasteiger partial charge in [-0.15, -0.1) is 0 Å². The van der Waals surface area contributed by atoms with Crippen molar-refractivity contribution in [2.24, 2.45) is 0 Å². The van der Waals surface area contributed by atoms with Crippen LogP contribution in [0.25, 0.3) is 0 Å². The van der Waals surface area contributed by atoms with Crippen LogP contribution in [0.4, 0.5) is 4.79 Å². The lowest BCUT2D eigenvalue weighted by molar-refractivity contribution is -0.125. The molecule has 1 atom stereocenters. The minimum Gasteiger partial charge on any atom is -0.333 e. The van der Waals surface area contributed by atoms with Crippen LogP contribution in [0.3, 0.4) is 0 Å². The number of nitrogens with zero attached hydrogens (tertiary/aromatic N) is 1. The lowest BCUT2D eigenvalue weighted by Crippen LogP contribution is -2.44. The molecule has 2 N–H and O–H groups in total. The fourth-order valence-corrected chi connectivity index (χ4v) is 3.91. The zero-order valence-electron chi connectivity index (χ0n) is 14.7. The van der Waals surface area contributed by atoms with Crippen LogP contribution in [-0.2, 0) is 11.2 Å². The first-order valence-electron chi connectivity index (χ1n) is 9.01. The van der Waals surface area contributed by atoms with Crippen LogP contribution in [0, 0.1) is 0 Å². The molecule has 2 aliphatic rings. The minimum absolute atomic E-state index is 0.0459. The van der Waals surface area contributed by atoms with Crippen LogP contribution in [-0.4, -0.2) is 29.9 Å². The van der Waals surface area contributed by atoms with Crippen molar-refractivity contribution >= 4 is 23.5 Å². The fourth-order valence-electron chi connectivity index (χ4n) is 3.67. The first-order chi connectivity index (χ1) is 13.1. The maximum Gasteiger partial charge on any atom is 0.319 e. The minimum atomic E-state index is -0.519. The normalized spacial score (nSPS) is 19.0. The third kappa shape index (κ3) is 3.55. The van der Waals surface area contributed by atoms with Crippen LogP contribution in [0.15, 0.2) is 65.9 Å². The molecule has 0 aromatic heterocycles. The van der Waals surface area contributed by atoms with Gasteiger partial charge in [0.2, 0.25) is 0 Å². The van der Waals surface area contributed by atoms with Crippen molar-refractivity contribution in [3.05, 3.63) is 82.0 Å². The lowest BCUT2D eigenvalue weighted by Gasteiger charge is -2.26. The second kappa shape index (κ2) is 7.45. The molecule has 5 nitrogen and oxygen atoms in total. The number of carbonyl (C=O) groups excluding carboxylic acids is 2. The van der Waals surface area contributed by atoms with Gasteiger partial charge in [-0.1, -0.05) is 60.1 Å². The quantitative estimate of drug-likeness (QED) is 0.833. The van der Waals surface area contributed by atoms with Gasteiger partial charge < -0.3 is 15.5 Å². The van der Waals surface area contributed by atoms with E-state index in [9.17, 15) is 9.59 Å². The van der Waals surface area contributed by atoms with Crippen LogP contribution in [0.2, 0.25) is 5.02 Å². The van der Waals surface area contributed by atoms with Gasteiger partial charge in [0.05, 0.1) is 23.9 Å². The lowest BCUT2D eigenvalue weighted by atomic mass is 9.96. The van der Waals surface area contributed by atoms with E-state index in [0.717, 1.165) is 18.4 Å².